The molecule has 134 valence electrons. The SMILES string of the molecule is COc1ccccc1N(CC(=O)NCc1ccccc1C)S(C)(=O)=O. The summed E-state index contributed by atoms with van der Waals surface area (Å²) < 4.78 is 30.6. The second-order valence-electron chi connectivity index (χ2n) is 5.64. The van der Waals surface area contributed by atoms with Crippen LogP contribution < -0.4 is 14.4 Å². The van der Waals surface area contributed by atoms with Crippen molar-refractivity contribution in [1.82, 2.24) is 5.32 Å². The smallest absolute Gasteiger partial charge is 0.241 e. The maximum absolute atomic E-state index is 12.3. The standard InChI is InChI=1S/C18H22N2O4S/c1-14-8-4-5-9-15(14)12-19-18(21)13-20(25(3,22)23)16-10-6-7-11-17(16)24-2/h4-11H,12-13H2,1-3H3,(H,19,21). The highest BCUT2D eigenvalue weighted by molar-refractivity contribution is 7.92. The number of nitrogens with zero attached hydrogens (tertiary/aromatic N) is 1. The lowest BCUT2D eigenvalue weighted by atomic mass is 10.1. The summed E-state index contributed by atoms with van der Waals surface area (Å²) in [6.45, 7) is 1.99. The fraction of sp³-hybridized carbons (Fsp3) is 0.278. The predicted octanol–water partition coefficient (Wildman–Crippen LogP) is 2.09. The summed E-state index contributed by atoms with van der Waals surface area (Å²) in [6, 6.07) is 14.4. The summed E-state index contributed by atoms with van der Waals surface area (Å²) in [5, 5.41) is 2.76. The molecular formula is C18H22N2O4S. The molecule has 1 N–H and O–H groups in total. The van der Waals surface area contributed by atoms with E-state index in [0.717, 1.165) is 21.7 Å². The van der Waals surface area contributed by atoms with E-state index in [9.17, 15) is 13.2 Å². The molecule has 2 aromatic rings. The number of sulfonamides is 1. The first-order valence-corrected chi connectivity index (χ1v) is 9.59. The fourth-order valence-electron chi connectivity index (χ4n) is 2.41. The first-order chi connectivity index (χ1) is 11.8. The number of rotatable bonds is 7. The highest BCUT2D eigenvalue weighted by atomic mass is 32.2. The van der Waals surface area contributed by atoms with Gasteiger partial charge in [0.1, 0.15) is 12.3 Å². The minimum atomic E-state index is -3.64. The van der Waals surface area contributed by atoms with Crippen molar-refractivity contribution in [3.8, 4) is 5.75 Å². The normalized spacial score (nSPS) is 11.0. The molecule has 7 heteroatoms. The van der Waals surface area contributed by atoms with E-state index in [4.69, 9.17) is 4.74 Å². The summed E-state index contributed by atoms with van der Waals surface area (Å²) in [7, 11) is -2.19. The Hall–Kier alpha value is -2.54. The van der Waals surface area contributed by atoms with E-state index in [-0.39, 0.29) is 12.5 Å². The largest absolute Gasteiger partial charge is 0.495 e. The minimum absolute atomic E-state index is 0.314. The van der Waals surface area contributed by atoms with Gasteiger partial charge in [-0.3, -0.25) is 9.10 Å². The molecule has 0 aliphatic heterocycles. The van der Waals surface area contributed by atoms with Gasteiger partial charge in [-0.2, -0.15) is 0 Å². The third-order valence-electron chi connectivity index (χ3n) is 3.78. The first kappa shape index (κ1) is 18.8. The van der Waals surface area contributed by atoms with E-state index < -0.39 is 10.0 Å². The van der Waals surface area contributed by atoms with E-state index in [1.165, 1.54) is 7.11 Å². The number of carbonyl (C=O) groups excluding carboxylic acids is 1. The molecule has 25 heavy (non-hydrogen) atoms. The van der Waals surface area contributed by atoms with Crippen molar-refractivity contribution in [2.75, 3.05) is 24.2 Å². The Kier molecular flexibility index (Phi) is 6.03. The monoisotopic (exact) mass is 362 g/mol. The van der Waals surface area contributed by atoms with Gasteiger partial charge in [0.15, 0.2) is 0 Å². The molecule has 0 radical (unpaired) electrons. The van der Waals surface area contributed by atoms with Gasteiger partial charge in [0, 0.05) is 6.54 Å². The minimum Gasteiger partial charge on any atom is -0.495 e. The Morgan fingerprint density at radius 3 is 2.40 bits per heavy atom. The number of benzene rings is 2. The van der Waals surface area contributed by atoms with Gasteiger partial charge in [0.05, 0.1) is 19.1 Å². The number of hydrogen-bond donors (Lipinski definition) is 1. The van der Waals surface area contributed by atoms with Crippen molar-refractivity contribution in [1.29, 1.82) is 0 Å². The molecule has 0 unspecified atom stereocenters. The molecule has 6 nitrogen and oxygen atoms in total. The van der Waals surface area contributed by atoms with E-state index in [2.05, 4.69) is 5.32 Å². The van der Waals surface area contributed by atoms with Crippen molar-refractivity contribution >= 4 is 21.6 Å². The fourth-order valence-corrected chi connectivity index (χ4v) is 3.27. The Morgan fingerprint density at radius 2 is 1.76 bits per heavy atom. The maximum Gasteiger partial charge on any atom is 0.241 e. The molecule has 0 spiro atoms. The van der Waals surface area contributed by atoms with Crippen molar-refractivity contribution in [2.24, 2.45) is 0 Å². The zero-order valence-corrected chi connectivity index (χ0v) is 15.3. The van der Waals surface area contributed by atoms with Crippen LogP contribution in [0.15, 0.2) is 48.5 Å². The highest BCUT2D eigenvalue weighted by Crippen LogP contribution is 2.29. The van der Waals surface area contributed by atoms with Crippen LogP contribution in [0.3, 0.4) is 0 Å². The van der Waals surface area contributed by atoms with Crippen LogP contribution in [0.2, 0.25) is 0 Å². The molecule has 0 fully saturated rings. The zero-order chi connectivity index (χ0) is 18.4. The number of amides is 1. The summed E-state index contributed by atoms with van der Waals surface area (Å²) in [5.74, 6) is -0.000729. The Balaban J connectivity index is 2.15. The van der Waals surface area contributed by atoms with Crippen LogP contribution in [-0.2, 0) is 21.4 Å². The van der Waals surface area contributed by atoms with Crippen molar-refractivity contribution in [2.45, 2.75) is 13.5 Å². The number of ether oxygens (including phenoxy) is 1. The summed E-state index contributed by atoms with van der Waals surface area (Å²) in [6.07, 6.45) is 1.06. The van der Waals surface area contributed by atoms with E-state index in [1.807, 2.05) is 31.2 Å². The Morgan fingerprint density at radius 1 is 1.12 bits per heavy atom. The average molecular weight is 362 g/mol. The molecule has 2 rings (SSSR count). The van der Waals surface area contributed by atoms with Gasteiger partial charge in [-0.05, 0) is 30.2 Å². The molecule has 0 aliphatic carbocycles. The molecule has 0 atom stereocenters. The van der Waals surface area contributed by atoms with Crippen molar-refractivity contribution in [3.63, 3.8) is 0 Å². The first-order valence-electron chi connectivity index (χ1n) is 7.75. The van der Waals surface area contributed by atoms with Gasteiger partial charge < -0.3 is 10.1 Å². The number of nitrogens with one attached hydrogen (secondary N) is 1. The molecule has 0 saturated carbocycles. The number of methoxy groups -OCH3 is 1. The third kappa shape index (κ3) is 4.96. The van der Waals surface area contributed by atoms with Crippen LogP contribution in [0, 0.1) is 6.92 Å². The van der Waals surface area contributed by atoms with Gasteiger partial charge >= 0.3 is 0 Å². The van der Waals surface area contributed by atoms with Crippen molar-refractivity contribution < 1.29 is 17.9 Å². The van der Waals surface area contributed by atoms with Gasteiger partial charge in [0.2, 0.25) is 15.9 Å². The molecule has 0 bridgehead atoms. The van der Waals surface area contributed by atoms with Crippen LogP contribution in [-0.4, -0.2) is 34.2 Å². The Bertz CT molecular complexity index is 850. The average Bonchev–Trinajstić information content (AvgIpc) is 2.58. The molecule has 0 heterocycles. The number of anilines is 1. The van der Waals surface area contributed by atoms with Gasteiger partial charge in [-0.15, -0.1) is 0 Å². The lowest BCUT2D eigenvalue weighted by molar-refractivity contribution is -0.119. The van der Waals surface area contributed by atoms with Crippen LogP contribution in [0.5, 0.6) is 5.75 Å². The third-order valence-corrected chi connectivity index (χ3v) is 4.91. The number of hydrogen-bond acceptors (Lipinski definition) is 4. The van der Waals surface area contributed by atoms with Crippen LogP contribution >= 0.6 is 0 Å². The zero-order valence-electron chi connectivity index (χ0n) is 14.5. The maximum atomic E-state index is 12.3. The number of carbonyl (C=O) groups is 1. The molecule has 0 saturated heterocycles. The van der Waals surface area contributed by atoms with Crippen LogP contribution in [0.1, 0.15) is 11.1 Å². The topological polar surface area (TPSA) is 75.7 Å². The van der Waals surface area contributed by atoms with Crippen LogP contribution in [0.25, 0.3) is 0 Å². The molecule has 1 amide bonds. The van der Waals surface area contributed by atoms with E-state index in [0.29, 0.717) is 18.0 Å². The number of para-hydroxylation sites is 2. The van der Waals surface area contributed by atoms with Gasteiger partial charge in [0.25, 0.3) is 0 Å². The van der Waals surface area contributed by atoms with E-state index >= 15 is 0 Å². The van der Waals surface area contributed by atoms with Crippen LogP contribution in [0.4, 0.5) is 5.69 Å². The summed E-state index contributed by atoms with van der Waals surface area (Å²) in [4.78, 5) is 12.3. The summed E-state index contributed by atoms with van der Waals surface area (Å²) in [5.41, 5.74) is 2.38. The Labute approximate surface area is 148 Å². The quantitative estimate of drug-likeness (QED) is 0.818. The second kappa shape index (κ2) is 8.02. The lowest BCUT2D eigenvalue weighted by Gasteiger charge is -2.23. The van der Waals surface area contributed by atoms with Crippen molar-refractivity contribution in [3.05, 3.63) is 59.7 Å². The lowest BCUT2D eigenvalue weighted by Crippen LogP contribution is -2.40. The molecule has 0 aromatic heterocycles. The molecule has 2 aromatic carbocycles. The van der Waals surface area contributed by atoms with E-state index in [1.54, 1.807) is 24.3 Å². The van der Waals surface area contributed by atoms with Gasteiger partial charge in [-0.25, -0.2) is 8.42 Å². The molecular weight excluding hydrogens is 340 g/mol. The molecule has 0 aliphatic rings. The predicted molar refractivity (Wildman–Crippen MR) is 98.2 cm³/mol. The number of aryl methyl sites for hydroxylation is 1. The second-order valence-corrected chi connectivity index (χ2v) is 7.55. The van der Waals surface area contributed by atoms with Gasteiger partial charge in [-0.1, -0.05) is 36.4 Å². The highest BCUT2D eigenvalue weighted by Gasteiger charge is 2.23. The summed E-state index contributed by atoms with van der Waals surface area (Å²) >= 11 is 0.